The van der Waals surface area contributed by atoms with Gasteiger partial charge in [0, 0.05) is 31.7 Å². The molecule has 0 aliphatic rings. The molecule has 2 rings (SSSR count). The summed E-state index contributed by atoms with van der Waals surface area (Å²) in [7, 11) is 0. The van der Waals surface area contributed by atoms with E-state index in [1.165, 1.54) is 0 Å². The maximum Gasteiger partial charge on any atom is 0.171 e. The van der Waals surface area contributed by atoms with Gasteiger partial charge in [-0.1, -0.05) is 16.8 Å². The quantitative estimate of drug-likeness (QED) is 0.794. The van der Waals surface area contributed by atoms with Gasteiger partial charge in [0.25, 0.3) is 0 Å². The van der Waals surface area contributed by atoms with Gasteiger partial charge in [-0.3, -0.25) is 4.68 Å². The van der Waals surface area contributed by atoms with Gasteiger partial charge in [0.15, 0.2) is 11.0 Å². The highest BCUT2D eigenvalue weighted by Gasteiger charge is 2.00. The van der Waals surface area contributed by atoms with Crippen LogP contribution < -0.4 is 5.32 Å². The average Bonchev–Trinajstić information content (AvgIpc) is 2.79. The van der Waals surface area contributed by atoms with Crippen LogP contribution in [0.4, 0.5) is 5.82 Å². The Morgan fingerprint density at radius 3 is 2.88 bits per heavy atom. The maximum atomic E-state index is 5.84. The molecule has 0 bridgehead atoms. The van der Waals surface area contributed by atoms with Crippen molar-refractivity contribution in [2.75, 3.05) is 11.9 Å². The molecule has 2 aromatic heterocycles. The maximum absolute atomic E-state index is 5.84. The molecule has 0 amide bonds. The summed E-state index contributed by atoms with van der Waals surface area (Å²) < 4.78 is 1.78. The van der Waals surface area contributed by atoms with Crippen molar-refractivity contribution in [1.82, 2.24) is 25.0 Å². The first-order valence-electron chi connectivity index (χ1n) is 4.91. The lowest BCUT2D eigenvalue weighted by atomic mass is 10.4. The van der Waals surface area contributed by atoms with Gasteiger partial charge < -0.3 is 5.32 Å². The summed E-state index contributed by atoms with van der Waals surface area (Å²) in [4.78, 5) is 7.99. The molecule has 6 nitrogen and oxygen atoms in total. The second kappa shape index (κ2) is 5.41. The third-order valence-electron chi connectivity index (χ3n) is 1.98. The van der Waals surface area contributed by atoms with Crippen LogP contribution in [0.2, 0.25) is 5.15 Å². The molecule has 2 heterocycles. The normalized spacial score (nSPS) is 10.3. The van der Waals surface area contributed by atoms with Crippen molar-refractivity contribution in [2.45, 2.75) is 13.0 Å². The predicted octanol–water partition coefficient (Wildman–Crippen LogP) is 1.22. The molecule has 2 aromatic rings. The Morgan fingerprint density at radius 2 is 2.12 bits per heavy atom. The van der Waals surface area contributed by atoms with Gasteiger partial charge in [-0.15, -0.1) is 5.10 Å². The summed E-state index contributed by atoms with van der Waals surface area (Å²) >= 11 is 5.84. The minimum absolute atomic E-state index is 0.392. The van der Waals surface area contributed by atoms with E-state index in [1.54, 1.807) is 23.3 Å². The monoisotopic (exact) mass is 238 g/mol. The number of nitrogens with zero attached hydrogens (tertiary/aromatic N) is 5. The fourth-order valence-electron chi connectivity index (χ4n) is 1.24. The second-order valence-corrected chi connectivity index (χ2v) is 3.50. The van der Waals surface area contributed by atoms with Crippen LogP contribution in [0.3, 0.4) is 0 Å². The molecule has 0 saturated heterocycles. The van der Waals surface area contributed by atoms with Crippen LogP contribution in [-0.4, -0.2) is 31.5 Å². The predicted molar refractivity (Wildman–Crippen MR) is 60.2 cm³/mol. The van der Waals surface area contributed by atoms with E-state index in [0.29, 0.717) is 11.0 Å². The molecule has 0 aromatic carbocycles. The first kappa shape index (κ1) is 10.8. The number of hydrogen-bond donors (Lipinski definition) is 1. The van der Waals surface area contributed by atoms with E-state index in [9.17, 15) is 0 Å². The highest BCUT2D eigenvalue weighted by atomic mass is 35.5. The van der Waals surface area contributed by atoms with Crippen molar-refractivity contribution in [1.29, 1.82) is 0 Å². The third kappa shape index (κ3) is 2.90. The van der Waals surface area contributed by atoms with E-state index in [4.69, 9.17) is 11.6 Å². The Kier molecular flexibility index (Phi) is 3.66. The van der Waals surface area contributed by atoms with E-state index in [-0.39, 0.29) is 0 Å². The standard InChI is InChI=1S/C9H11ClN6/c10-8-9(13-4-3-11-8)12-2-1-6-16-7-5-14-15-16/h3-5,7H,1-2,6H2,(H,12,13). The molecule has 7 heteroatoms. The van der Waals surface area contributed by atoms with Gasteiger partial charge in [0.1, 0.15) is 0 Å². The highest BCUT2D eigenvalue weighted by Crippen LogP contribution is 2.13. The van der Waals surface area contributed by atoms with Crippen molar-refractivity contribution in [3.8, 4) is 0 Å². The number of rotatable bonds is 5. The van der Waals surface area contributed by atoms with Crippen LogP contribution in [0.5, 0.6) is 0 Å². The molecular weight excluding hydrogens is 228 g/mol. The molecule has 0 spiro atoms. The zero-order chi connectivity index (χ0) is 11.2. The molecule has 0 aliphatic carbocycles. The van der Waals surface area contributed by atoms with Crippen molar-refractivity contribution in [2.24, 2.45) is 0 Å². The summed E-state index contributed by atoms with van der Waals surface area (Å²) in [6.07, 6.45) is 7.56. The number of hydrogen-bond acceptors (Lipinski definition) is 5. The van der Waals surface area contributed by atoms with Crippen molar-refractivity contribution in [3.05, 3.63) is 29.9 Å². The lowest BCUT2D eigenvalue weighted by molar-refractivity contribution is 0.569. The molecule has 0 radical (unpaired) electrons. The van der Waals surface area contributed by atoms with Crippen molar-refractivity contribution < 1.29 is 0 Å². The summed E-state index contributed by atoms with van der Waals surface area (Å²) in [6.45, 7) is 1.57. The average molecular weight is 239 g/mol. The van der Waals surface area contributed by atoms with E-state index in [1.807, 2.05) is 6.20 Å². The number of nitrogens with one attached hydrogen (secondary N) is 1. The summed E-state index contributed by atoms with van der Waals surface area (Å²) in [5.74, 6) is 0.614. The molecule has 84 valence electrons. The number of anilines is 1. The van der Waals surface area contributed by atoms with Crippen LogP contribution >= 0.6 is 11.6 Å². The Bertz CT molecular complexity index is 429. The fourth-order valence-corrected chi connectivity index (χ4v) is 1.41. The Hall–Kier alpha value is -1.69. The summed E-state index contributed by atoms with van der Waals surface area (Å²) in [5.41, 5.74) is 0. The van der Waals surface area contributed by atoms with Gasteiger partial charge in [-0.25, -0.2) is 9.97 Å². The zero-order valence-electron chi connectivity index (χ0n) is 8.54. The number of aryl methyl sites for hydroxylation is 1. The second-order valence-electron chi connectivity index (χ2n) is 3.14. The molecule has 16 heavy (non-hydrogen) atoms. The molecule has 0 unspecified atom stereocenters. The van der Waals surface area contributed by atoms with Crippen molar-refractivity contribution >= 4 is 17.4 Å². The van der Waals surface area contributed by atoms with Gasteiger partial charge in [-0.2, -0.15) is 0 Å². The minimum atomic E-state index is 0.392. The Balaban J connectivity index is 1.74. The Morgan fingerprint density at radius 1 is 1.25 bits per heavy atom. The van der Waals surface area contributed by atoms with Crippen molar-refractivity contribution in [3.63, 3.8) is 0 Å². The molecule has 0 aliphatic heterocycles. The largest absolute Gasteiger partial charge is 0.367 e. The third-order valence-corrected chi connectivity index (χ3v) is 2.26. The van der Waals surface area contributed by atoms with Crippen LogP contribution in [0, 0.1) is 0 Å². The van der Waals surface area contributed by atoms with E-state index >= 15 is 0 Å². The van der Waals surface area contributed by atoms with Gasteiger partial charge in [0.2, 0.25) is 0 Å². The topological polar surface area (TPSA) is 68.5 Å². The van der Waals surface area contributed by atoms with Gasteiger partial charge in [0.05, 0.1) is 6.20 Å². The van der Waals surface area contributed by atoms with E-state index in [2.05, 4.69) is 25.6 Å². The van der Waals surface area contributed by atoms with Crippen LogP contribution in [-0.2, 0) is 6.54 Å². The first-order valence-corrected chi connectivity index (χ1v) is 5.28. The molecule has 0 atom stereocenters. The van der Waals surface area contributed by atoms with Gasteiger partial charge in [-0.05, 0) is 6.42 Å². The van der Waals surface area contributed by atoms with E-state index in [0.717, 1.165) is 19.5 Å². The molecule has 1 N–H and O–H groups in total. The number of aromatic nitrogens is 5. The van der Waals surface area contributed by atoms with Crippen LogP contribution in [0.1, 0.15) is 6.42 Å². The molecule has 0 fully saturated rings. The van der Waals surface area contributed by atoms with Crippen LogP contribution in [0.25, 0.3) is 0 Å². The number of halogens is 1. The fraction of sp³-hybridized carbons (Fsp3) is 0.333. The lowest BCUT2D eigenvalue weighted by Gasteiger charge is -2.05. The summed E-state index contributed by atoms with van der Waals surface area (Å²) in [6, 6.07) is 0. The zero-order valence-corrected chi connectivity index (χ0v) is 9.30. The Labute approximate surface area is 97.7 Å². The van der Waals surface area contributed by atoms with E-state index < -0.39 is 0 Å². The smallest absolute Gasteiger partial charge is 0.171 e. The summed E-state index contributed by atoms with van der Waals surface area (Å²) in [5, 5.41) is 11.1. The highest BCUT2D eigenvalue weighted by molar-refractivity contribution is 6.31. The SMILES string of the molecule is Clc1nccnc1NCCCn1ccnn1. The first-order chi connectivity index (χ1) is 7.86. The van der Waals surface area contributed by atoms with Crippen LogP contribution in [0.15, 0.2) is 24.8 Å². The molecular formula is C9H11ClN6. The minimum Gasteiger partial charge on any atom is -0.367 e. The molecule has 0 saturated carbocycles. The van der Waals surface area contributed by atoms with Gasteiger partial charge >= 0.3 is 0 Å². The lowest BCUT2D eigenvalue weighted by Crippen LogP contribution is -2.08.